The second-order valence-corrected chi connectivity index (χ2v) is 8.31. The van der Waals surface area contributed by atoms with Gasteiger partial charge in [-0.1, -0.05) is 26.0 Å². The van der Waals surface area contributed by atoms with E-state index in [0.29, 0.717) is 38.1 Å². The number of carbonyl (C=O) groups is 2. The first-order valence-electron chi connectivity index (χ1n) is 10.7. The average Bonchev–Trinajstić information content (AvgIpc) is 3.33. The molecule has 2 N–H and O–H groups in total. The molecule has 0 radical (unpaired) electrons. The molecule has 2 fully saturated rings. The van der Waals surface area contributed by atoms with E-state index in [0.717, 1.165) is 26.0 Å². The van der Waals surface area contributed by atoms with Gasteiger partial charge in [0.15, 0.2) is 5.96 Å². The standard InChI is InChI=1S/C21H34N4O3/c1-4-22-21(24-9-12-28-11-7-14(2)3)23-8-10-25-19(26)17-15-5-6-16(13-15)18(17)20(25)27/h5-6,14-18H,4,7-13H2,1-3H3,(H2,22,23,24). The molecular weight excluding hydrogens is 356 g/mol. The van der Waals surface area contributed by atoms with Crippen molar-refractivity contribution < 1.29 is 14.3 Å². The second kappa shape index (κ2) is 9.54. The van der Waals surface area contributed by atoms with Crippen LogP contribution in [0.4, 0.5) is 0 Å². The minimum atomic E-state index is -0.118. The Morgan fingerprint density at radius 2 is 1.86 bits per heavy atom. The number of hydrogen-bond donors (Lipinski definition) is 2. The van der Waals surface area contributed by atoms with Crippen LogP contribution >= 0.6 is 0 Å². The molecule has 4 unspecified atom stereocenters. The summed E-state index contributed by atoms with van der Waals surface area (Å²) in [6.07, 6.45) is 6.27. The van der Waals surface area contributed by atoms with Crippen molar-refractivity contribution in [3.8, 4) is 0 Å². The van der Waals surface area contributed by atoms with E-state index < -0.39 is 0 Å². The van der Waals surface area contributed by atoms with Crippen molar-refractivity contribution in [2.75, 3.05) is 39.4 Å². The van der Waals surface area contributed by atoms with E-state index in [1.54, 1.807) is 0 Å². The maximum Gasteiger partial charge on any atom is 0.233 e. The normalized spacial score (nSPS) is 28.6. The fraction of sp³-hybridized carbons (Fsp3) is 0.762. The molecule has 1 saturated heterocycles. The molecule has 1 heterocycles. The van der Waals surface area contributed by atoms with Gasteiger partial charge in [0, 0.05) is 26.2 Å². The molecule has 4 atom stereocenters. The zero-order valence-corrected chi connectivity index (χ0v) is 17.3. The Labute approximate surface area is 168 Å². The molecule has 2 bridgehead atoms. The molecule has 2 amide bonds. The summed E-state index contributed by atoms with van der Waals surface area (Å²) in [5.41, 5.74) is 0. The third kappa shape index (κ3) is 4.57. The molecule has 0 aromatic rings. The first-order chi connectivity index (χ1) is 13.5. The van der Waals surface area contributed by atoms with Crippen molar-refractivity contribution in [3.05, 3.63) is 12.2 Å². The van der Waals surface area contributed by atoms with Crippen molar-refractivity contribution in [3.63, 3.8) is 0 Å². The number of fused-ring (bicyclic) bond motifs is 5. The van der Waals surface area contributed by atoms with Crippen LogP contribution in [0.5, 0.6) is 0 Å². The first kappa shape index (κ1) is 20.8. The van der Waals surface area contributed by atoms with Crippen molar-refractivity contribution in [2.45, 2.75) is 33.6 Å². The number of likely N-dealkylation sites (tertiary alicyclic amines) is 1. The molecule has 7 nitrogen and oxygen atoms in total. The van der Waals surface area contributed by atoms with Crippen LogP contribution < -0.4 is 10.6 Å². The van der Waals surface area contributed by atoms with Gasteiger partial charge in [-0.15, -0.1) is 0 Å². The summed E-state index contributed by atoms with van der Waals surface area (Å²) in [6.45, 7) is 9.93. The van der Waals surface area contributed by atoms with Crippen LogP contribution in [0.15, 0.2) is 17.1 Å². The van der Waals surface area contributed by atoms with Crippen LogP contribution in [-0.2, 0) is 14.3 Å². The Balaban J connectivity index is 1.41. The van der Waals surface area contributed by atoms with Crippen LogP contribution in [0.25, 0.3) is 0 Å². The van der Waals surface area contributed by atoms with E-state index in [-0.39, 0.29) is 35.5 Å². The average molecular weight is 391 g/mol. The van der Waals surface area contributed by atoms with E-state index in [4.69, 9.17) is 4.74 Å². The van der Waals surface area contributed by atoms with E-state index in [2.05, 4.69) is 41.6 Å². The summed E-state index contributed by atoms with van der Waals surface area (Å²) < 4.78 is 5.59. The number of aliphatic imine (C=N–C) groups is 1. The minimum absolute atomic E-state index is 0.00846. The van der Waals surface area contributed by atoms with Gasteiger partial charge < -0.3 is 15.4 Å². The lowest BCUT2D eigenvalue weighted by Crippen LogP contribution is -2.43. The number of amides is 2. The molecular formula is C21H34N4O3. The third-order valence-corrected chi connectivity index (χ3v) is 5.88. The maximum atomic E-state index is 12.7. The number of guanidine groups is 1. The molecule has 7 heteroatoms. The monoisotopic (exact) mass is 390 g/mol. The number of rotatable bonds is 10. The molecule has 28 heavy (non-hydrogen) atoms. The van der Waals surface area contributed by atoms with Gasteiger partial charge in [0.1, 0.15) is 0 Å². The lowest BCUT2D eigenvalue weighted by Gasteiger charge is -2.18. The van der Waals surface area contributed by atoms with E-state index >= 15 is 0 Å². The van der Waals surface area contributed by atoms with Gasteiger partial charge in [0.2, 0.25) is 11.8 Å². The molecule has 0 spiro atoms. The fourth-order valence-corrected chi connectivity index (χ4v) is 4.46. The van der Waals surface area contributed by atoms with Gasteiger partial charge >= 0.3 is 0 Å². The summed E-state index contributed by atoms with van der Waals surface area (Å²) in [7, 11) is 0. The van der Waals surface area contributed by atoms with Crippen molar-refractivity contribution in [1.29, 1.82) is 0 Å². The van der Waals surface area contributed by atoms with Gasteiger partial charge in [-0.05, 0) is 37.5 Å². The Morgan fingerprint density at radius 3 is 2.46 bits per heavy atom. The number of nitrogens with zero attached hydrogens (tertiary/aromatic N) is 2. The highest BCUT2D eigenvalue weighted by Gasteiger charge is 2.58. The van der Waals surface area contributed by atoms with Gasteiger partial charge in [-0.3, -0.25) is 19.5 Å². The zero-order chi connectivity index (χ0) is 20.1. The van der Waals surface area contributed by atoms with Crippen molar-refractivity contribution in [2.24, 2.45) is 34.6 Å². The summed E-state index contributed by atoms with van der Waals surface area (Å²) in [5, 5.41) is 6.41. The predicted molar refractivity (Wildman–Crippen MR) is 109 cm³/mol. The zero-order valence-electron chi connectivity index (χ0n) is 17.3. The number of hydrogen-bond acceptors (Lipinski definition) is 4. The Morgan fingerprint density at radius 1 is 1.18 bits per heavy atom. The molecule has 3 rings (SSSR count). The van der Waals surface area contributed by atoms with Gasteiger partial charge in [-0.25, -0.2) is 0 Å². The topological polar surface area (TPSA) is 83.0 Å². The highest BCUT2D eigenvalue weighted by atomic mass is 16.5. The molecule has 1 aliphatic heterocycles. The second-order valence-electron chi connectivity index (χ2n) is 8.31. The Bertz CT molecular complexity index is 601. The van der Waals surface area contributed by atoms with Gasteiger partial charge in [-0.2, -0.15) is 0 Å². The van der Waals surface area contributed by atoms with Crippen molar-refractivity contribution >= 4 is 17.8 Å². The maximum absolute atomic E-state index is 12.7. The highest BCUT2D eigenvalue weighted by Crippen LogP contribution is 2.52. The largest absolute Gasteiger partial charge is 0.380 e. The lowest BCUT2D eigenvalue weighted by atomic mass is 9.85. The molecule has 1 saturated carbocycles. The van der Waals surface area contributed by atoms with Crippen LogP contribution in [0, 0.1) is 29.6 Å². The molecule has 0 aromatic carbocycles. The van der Waals surface area contributed by atoms with Crippen LogP contribution in [-0.4, -0.2) is 62.1 Å². The number of ether oxygens (including phenoxy) is 1. The lowest BCUT2D eigenvalue weighted by molar-refractivity contribution is -0.140. The summed E-state index contributed by atoms with van der Waals surface area (Å²) >= 11 is 0. The van der Waals surface area contributed by atoms with Crippen LogP contribution in [0.2, 0.25) is 0 Å². The Kier molecular flexibility index (Phi) is 7.10. The van der Waals surface area contributed by atoms with Crippen LogP contribution in [0.3, 0.4) is 0 Å². The number of nitrogens with one attached hydrogen (secondary N) is 2. The quantitative estimate of drug-likeness (QED) is 0.194. The SMILES string of the molecule is CCNC(=NCCOCCC(C)C)NCCN1C(=O)C2C3C=CC(C3)C2C1=O. The van der Waals surface area contributed by atoms with E-state index in [1.165, 1.54) is 4.90 Å². The first-order valence-corrected chi connectivity index (χ1v) is 10.7. The smallest absolute Gasteiger partial charge is 0.233 e. The predicted octanol–water partition coefficient (Wildman–Crippen LogP) is 1.41. The molecule has 156 valence electrons. The van der Waals surface area contributed by atoms with E-state index in [1.807, 2.05) is 6.92 Å². The minimum Gasteiger partial charge on any atom is -0.380 e. The van der Waals surface area contributed by atoms with Crippen molar-refractivity contribution in [1.82, 2.24) is 15.5 Å². The third-order valence-electron chi connectivity index (χ3n) is 5.88. The number of carbonyl (C=O) groups excluding carboxylic acids is 2. The number of imide groups is 1. The fourth-order valence-electron chi connectivity index (χ4n) is 4.46. The number of allylic oxidation sites excluding steroid dienone is 2. The Hall–Kier alpha value is -1.89. The summed E-state index contributed by atoms with van der Waals surface area (Å²) in [5.74, 6) is 1.64. The molecule has 2 aliphatic carbocycles. The van der Waals surface area contributed by atoms with Gasteiger partial charge in [0.25, 0.3) is 0 Å². The molecule has 0 aromatic heterocycles. The molecule has 3 aliphatic rings. The summed E-state index contributed by atoms with van der Waals surface area (Å²) in [6, 6.07) is 0. The highest BCUT2D eigenvalue weighted by molar-refractivity contribution is 6.06. The van der Waals surface area contributed by atoms with Gasteiger partial charge in [0.05, 0.1) is 25.0 Å². The summed E-state index contributed by atoms with van der Waals surface area (Å²) in [4.78, 5) is 31.3. The van der Waals surface area contributed by atoms with Crippen LogP contribution in [0.1, 0.15) is 33.6 Å². The van der Waals surface area contributed by atoms with E-state index in [9.17, 15) is 9.59 Å².